The van der Waals surface area contributed by atoms with Crippen LogP contribution in [0.25, 0.3) is 0 Å². The lowest BCUT2D eigenvalue weighted by Crippen LogP contribution is -2.48. The minimum absolute atomic E-state index is 0. The highest BCUT2D eigenvalue weighted by Gasteiger charge is 2.22. The van der Waals surface area contributed by atoms with Gasteiger partial charge < -0.3 is 15.5 Å². The van der Waals surface area contributed by atoms with Crippen LogP contribution in [0.3, 0.4) is 0 Å². The minimum atomic E-state index is -0.250. The highest BCUT2D eigenvalue weighted by molar-refractivity contribution is 5.85. The summed E-state index contributed by atoms with van der Waals surface area (Å²) in [4.78, 5) is 14.1. The number of likely N-dealkylation sites (N-methyl/N-ethyl adjacent to an activating group) is 1. The topological polar surface area (TPSA) is 44.4 Å². The Labute approximate surface area is 150 Å². The molecular weight excluding hydrogens is 340 g/mol. The first-order chi connectivity index (χ1) is 10.1. The Bertz CT molecular complexity index is 482. The molecule has 1 aliphatic heterocycles. The van der Waals surface area contributed by atoms with Gasteiger partial charge in [-0.2, -0.15) is 0 Å². The van der Waals surface area contributed by atoms with Gasteiger partial charge >= 0.3 is 0 Å². The molecule has 1 aliphatic rings. The Morgan fingerprint density at radius 2 is 2.13 bits per heavy atom. The zero-order chi connectivity index (χ0) is 15.2. The van der Waals surface area contributed by atoms with Crippen molar-refractivity contribution in [2.75, 3.05) is 27.2 Å². The first-order valence-corrected chi connectivity index (χ1v) is 7.51. The lowest BCUT2D eigenvalue weighted by Gasteiger charge is -2.27. The van der Waals surface area contributed by atoms with Crippen molar-refractivity contribution in [3.63, 3.8) is 0 Å². The summed E-state index contributed by atoms with van der Waals surface area (Å²) in [5.41, 5.74) is 0.872. The Hall–Kier alpha value is -0.880. The molecule has 2 unspecified atom stereocenters. The number of carbonyl (C=O) groups excluding carboxylic acids is 1. The van der Waals surface area contributed by atoms with Crippen molar-refractivity contribution in [3.05, 3.63) is 35.6 Å². The molecule has 0 aliphatic carbocycles. The van der Waals surface area contributed by atoms with E-state index in [0.29, 0.717) is 6.54 Å². The Kier molecular flexibility index (Phi) is 10.4. The van der Waals surface area contributed by atoms with Crippen molar-refractivity contribution in [2.45, 2.75) is 31.3 Å². The van der Waals surface area contributed by atoms with Crippen molar-refractivity contribution in [2.24, 2.45) is 0 Å². The fraction of sp³-hybridized carbons (Fsp3) is 0.562. The number of nitrogens with one attached hydrogen (secondary N) is 2. The van der Waals surface area contributed by atoms with Gasteiger partial charge in [-0.15, -0.1) is 24.8 Å². The molecule has 2 rings (SSSR count). The van der Waals surface area contributed by atoms with Gasteiger partial charge in [0.2, 0.25) is 5.91 Å². The Balaban J connectivity index is 0.00000242. The van der Waals surface area contributed by atoms with Crippen molar-refractivity contribution in [3.8, 4) is 0 Å². The second-order valence-corrected chi connectivity index (χ2v) is 5.78. The highest BCUT2D eigenvalue weighted by Crippen LogP contribution is 2.18. The fourth-order valence-electron chi connectivity index (χ4n) is 2.71. The van der Waals surface area contributed by atoms with Crippen LogP contribution < -0.4 is 10.6 Å². The van der Waals surface area contributed by atoms with Gasteiger partial charge in [0, 0.05) is 6.54 Å². The second-order valence-electron chi connectivity index (χ2n) is 5.78. The summed E-state index contributed by atoms with van der Waals surface area (Å²) in [6.45, 7) is 1.38. The summed E-state index contributed by atoms with van der Waals surface area (Å²) in [5, 5.41) is 6.22. The summed E-state index contributed by atoms with van der Waals surface area (Å²) in [7, 11) is 3.86. The van der Waals surface area contributed by atoms with Crippen LogP contribution in [0.15, 0.2) is 24.3 Å². The zero-order valence-corrected chi connectivity index (χ0v) is 15.2. The molecule has 7 heteroatoms. The van der Waals surface area contributed by atoms with Crippen molar-refractivity contribution < 1.29 is 9.18 Å². The van der Waals surface area contributed by atoms with Gasteiger partial charge in [-0.3, -0.25) is 4.79 Å². The molecule has 23 heavy (non-hydrogen) atoms. The molecular formula is C16H26Cl2FN3O. The van der Waals surface area contributed by atoms with Gasteiger partial charge in [0.1, 0.15) is 5.82 Å². The number of hydrogen-bond acceptors (Lipinski definition) is 3. The monoisotopic (exact) mass is 365 g/mol. The van der Waals surface area contributed by atoms with E-state index >= 15 is 0 Å². The normalized spacial score (nSPS) is 18.5. The second kappa shape index (κ2) is 10.8. The predicted octanol–water partition coefficient (Wildman–Crippen LogP) is 2.53. The van der Waals surface area contributed by atoms with Crippen LogP contribution >= 0.6 is 24.8 Å². The van der Waals surface area contributed by atoms with E-state index in [1.807, 2.05) is 25.1 Å². The van der Waals surface area contributed by atoms with E-state index in [2.05, 4.69) is 10.6 Å². The number of piperidine rings is 1. The molecule has 2 N–H and O–H groups in total. The maximum absolute atomic E-state index is 13.4. The van der Waals surface area contributed by atoms with Gasteiger partial charge in [0.05, 0.1) is 12.1 Å². The smallest absolute Gasteiger partial charge is 0.237 e. The van der Waals surface area contributed by atoms with Crippen LogP contribution in [0.4, 0.5) is 4.39 Å². The van der Waals surface area contributed by atoms with Crippen molar-refractivity contribution >= 4 is 30.7 Å². The summed E-state index contributed by atoms with van der Waals surface area (Å²) < 4.78 is 13.4. The van der Waals surface area contributed by atoms with E-state index in [-0.39, 0.29) is 48.6 Å². The standard InChI is InChI=1S/C16H24FN3O.2ClH/c1-20(2)15(12-6-5-7-13(17)10-12)11-19-16(21)14-8-3-4-9-18-14;;/h5-7,10,14-15,18H,3-4,8-9,11H2,1-2H3,(H,19,21);2*1H. The number of amides is 1. The van der Waals surface area contributed by atoms with E-state index in [9.17, 15) is 9.18 Å². The van der Waals surface area contributed by atoms with Crippen LogP contribution in [-0.2, 0) is 4.79 Å². The van der Waals surface area contributed by atoms with Crippen LogP contribution in [0.5, 0.6) is 0 Å². The summed E-state index contributed by atoms with van der Waals surface area (Å²) in [6.07, 6.45) is 3.11. The van der Waals surface area contributed by atoms with Gasteiger partial charge in [0.25, 0.3) is 0 Å². The van der Waals surface area contributed by atoms with E-state index in [1.54, 1.807) is 6.07 Å². The lowest BCUT2D eigenvalue weighted by atomic mass is 10.0. The third kappa shape index (κ3) is 6.63. The van der Waals surface area contributed by atoms with Crippen LogP contribution in [0.1, 0.15) is 30.9 Å². The molecule has 0 spiro atoms. The van der Waals surface area contributed by atoms with Crippen LogP contribution in [0, 0.1) is 5.82 Å². The maximum Gasteiger partial charge on any atom is 0.237 e. The fourth-order valence-corrected chi connectivity index (χ4v) is 2.71. The predicted molar refractivity (Wildman–Crippen MR) is 96.0 cm³/mol. The van der Waals surface area contributed by atoms with Gasteiger partial charge in [-0.05, 0) is 51.2 Å². The van der Waals surface area contributed by atoms with Crippen LogP contribution in [0.2, 0.25) is 0 Å². The summed E-state index contributed by atoms with van der Waals surface area (Å²) in [5.74, 6) is -0.211. The van der Waals surface area contributed by atoms with Crippen LogP contribution in [-0.4, -0.2) is 44.0 Å². The average Bonchev–Trinajstić information content (AvgIpc) is 2.48. The molecule has 4 nitrogen and oxygen atoms in total. The molecule has 2 atom stereocenters. The molecule has 0 aromatic heterocycles. The maximum atomic E-state index is 13.4. The molecule has 1 fully saturated rings. The SMILES string of the molecule is CN(C)C(CNC(=O)C1CCCCN1)c1cccc(F)c1.Cl.Cl. The number of nitrogens with zero attached hydrogens (tertiary/aromatic N) is 1. The molecule has 0 radical (unpaired) electrons. The molecule has 1 saturated heterocycles. The molecule has 1 aromatic carbocycles. The molecule has 1 aromatic rings. The Morgan fingerprint density at radius 1 is 1.39 bits per heavy atom. The van der Waals surface area contributed by atoms with E-state index in [4.69, 9.17) is 0 Å². The Morgan fingerprint density at radius 3 is 2.70 bits per heavy atom. The van der Waals surface area contributed by atoms with E-state index in [1.165, 1.54) is 12.1 Å². The first-order valence-electron chi connectivity index (χ1n) is 7.51. The quantitative estimate of drug-likeness (QED) is 0.842. The molecule has 1 amide bonds. The van der Waals surface area contributed by atoms with E-state index < -0.39 is 0 Å². The van der Waals surface area contributed by atoms with Gasteiger partial charge in [-0.1, -0.05) is 18.6 Å². The number of halogens is 3. The van der Waals surface area contributed by atoms with Crippen molar-refractivity contribution in [1.82, 2.24) is 15.5 Å². The molecule has 0 bridgehead atoms. The largest absolute Gasteiger partial charge is 0.353 e. The number of benzene rings is 1. The first kappa shape index (κ1) is 22.1. The zero-order valence-electron chi connectivity index (χ0n) is 13.5. The third-order valence-electron chi connectivity index (χ3n) is 3.95. The molecule has 0 saturated carbocycles. The summed E-state index contributed by atoms with van der Waals surface area (Å²) >= 11 is 0. The number of hydrogen-bond donors (Lipinski definition) is 2. The minimum Gasteiger partial charge on any atom is -0.353 e. The van der Waals surface area contributed by atoms with E-state index in [0.717, 1.165) is 31.4 Å². The molecule has 132 valence electrons. The number of rotatable bonds is 5. The summed E-state index contributed by atoms with van der Waals surface area (Å²) in [6, 6.07) is 6.42. The third-order valence-corrected chi connectivity index (χ3v) is 3.95. The molecule has 1 heterocycles. The van der Waals surface area contributed by atoms with Gasteiger partial charge in [0.15, 0.2) is 0 Å². The average molecular weight is 366 g/mol. The van der Waals surface area contributed by atoms with Crippen molar-refractivity contribution in [1.29, 1.82) is 0 Å². The van der Waals surface area contributed by atoms with Gasteiger partial charge in [-0.25, -0.2) is 4.39 Å². The lowest BCUT2D eigenvalue weighted by molar-refractivity contribution is -0.123. The highest BCUT2D eigenvalue weighted by atomic mass is 35.5. The number of carbonyl (C=O) groups is 1.